The fourth-order valence-electron chi connectivity index (χ4n) is 2.76. The highest BCUT2D eigenvalue weighted by Gasteiger charge is 2.17. The van der Waals surface area contributed by atoms with Gasteiger partial charge in [-0.2, -0.15) is 0 Å². The predicted octanol–water partition coefficient (Wildman–Crippen LogP) is 3.96. The van der Waals surface area contributed by atoms with Gasteiger partial charge >= 0.3 is 0 Å². The van der Waals surface area contributed by atoms with Gasteiger partial charge in [-0.25, -0.2) is 0 Å². The van der Waals surface area contributed by atoms with Gasteiger partial charge in [-0.1, -0.05) is 17.7 Å². The second kappa shape index (κ2) is 7.87. The van der Waals surface area contributed by atoms with E-state index in [0.717, 1.165) is 25.2 Å². The molecule has 0 bridgehead atoms. The van der Waals surface area contributed by atoms with Crippen molar-refractivity contribution in [3.63, 3.8) is 0 Å². The molecule has 2 atom stereocenters. The van der Waals surface area contributed by atoms with Gasteiger partial charge < -0.3 is 14.8 Å². The van der Waals surface area contributed by atoms with Crippen molar-refractivity contribution >= 4 is 11.6 Å². The third-order valence-electron chi connectivity index (χ3n) is 3.98. The zero-order valence-electron chi connectivity index (χ0n) is 12.3. The SMILES string of the molecule is CNC(CCC1CCCCO1)c1ccc(OC)c(Cl)c1. The Kier molecular flexibility index (Phi) is 6.14. The van der Waals surface area contributed by atoms with Crippen molar-refractivity contribution in [1.29, 1.82) is 0 Å². The smallest absolute Gasteiger partial charge is 0.137 e. The standard InChI is InChI=1S/C16H24ClNO2/c1-18-15(8-7-13-5-3-4-10-20-13)12-6-9-16(19-2)14(17)11-12/h6,9,11,13,15,18H,3-5,7-8,10H2,1-2H3. The molecule has 0 aromatic heterocycles. The van der Waals surface area contributed by atoms with E-state index < -0.39 is 0 Å². The highest BCUT2D eigenvalue weighted by molar-refractivity contribution is 6.32. The molecule has 3 nitrogen and oxygen atoms in total. The first-order chi connectivity index (χ1) is 9.74. The molecule has 2 rings (SSSR count). The van der Waals surface area contributed by atoms with E-state index in [1.54, 1.807) is 7.11 Å². The van der Waals surface area contributed by atoms with Gasteiger partial charge in [0.25, 0.3) is 0 Å². The third kappa shape index (κ3) is 4.11. The van der Waals surface area contributed by atoms with Gasteiger partial charge in [-0.15, -0.1) is 0 Å². The van der Waals surface area contributed by atoms with Crippen LogP contribution < -0.4 is 10.1 Å². The van der Waals surface area contributed by atoms with E-state index in [-0.39, 0.29) is 0 Å². The van der Waals surface area contributed by atoms with Crippen LogP contribution in [-0.4, -0.2) is 26.9 Å². The van der Waals surface area contributed by atoms with Crippen LogP contribution >= 0.6 is 11.6 Å². The Hall–Kier alpha value is -0.770. The lowest BCUT2D eigenvalue weighted by Crippen LogP contribution is -2.23. The van der Waals surface area contributed by atoms with Gasteiger partial charge in [0.15, 0.2) is 0 Å². The summed E-state index contributed by atoms with van der Waals surface area (Å²) in [6, 6.07) is 6.31. The summed E-state index contributed by atoms with van der Waals surface area (Å²) >= 11 is 6.20. The van der Waals surface area contributed by atoms with Crippen LogP contribution in [0.25, 0.3) is 0 Å². The van der Waals surface area contributed by atoms with Crippen molar-refractivity contribution in [3.8, 4) is 5.75 Å². The van der Waals surface area contributed by atoms with Crippen LogP contribution in [0.1, 0.15) is 43.7 Å². The fraction of sp³-hybridized carbons (Fsp3) is 0.625. The first kappa shape index (κ1) is 15.6. The molecular formula is C16H24ClNO2. The van der Waals surface area contributed by atoms with E-state index in [2.05, 4.69) is 11.4 Å². The Bertz CT molecular complexity index is 419. The molecule has 0 aliphatic carbocycles. The summed E-state index contributed by atoms with van der Waals surface area (Å²) in [4.78, 5) is 0. The largest absolute Gasteiger partial charge is 0.495 e. The zero-order valence-corrected chi connectivity index (χ0v) is 13.1. The van der Waals surface area contributed by atoms with Crippen LogP contribution in [0.4, 0.5) is 0 Å². The molecule has 1 aliphatic rings. The molecule has 1 heterocycles. The molecule has 1 N–H and O–H groups in total. The number of benzene rings is 1. The van der Waals surface area contributed by atoms with Crippen molar-refractivity contribution in [2.24, 2.45) is 0 Å². The molecule has 0 spiro atoms. The molecule has 4 heteroatoms. The van der Waals surface area contributed by atoms with E-state index in [0.29, 0.717) is 17.2 Å². The van der Waals surface area contributed by atoms with Crippen LogP contribution in [0, 0.1) is 0 Å². The molecule has 1 saturated heterocycles. The number of hydrogen-bond donors (Lipinski definition) is 1. The maximum absolute atomic E-state index is 6.20. The van der Waals surface area contributed by atoms with Crippen LogP contribution in [0.5, 0.6) is 5.75 Å². The fourth-order valence-corrected chi connectivity index (χ4v) is 3.03. The Morgan fingerprint density at radius 1 is 1.45 bits per heavy atom. The van der Waals surface area contributed by atoms with E-state index in [1.807, 2.05) is 19.2 Å². The summed E-state index contributed by atoms with van der Waals surface area (Å²) < 4.78 is 11.0. The molecule has 1 aromatic carbocycles. The third-order valence-corrected chi connectivity index (χ3v) is 4.27. The molecular weight excluding hydrogens is 274 g/mol. The van der Waals surface area contributed by atoms with Crippen LogP contribution in [0.15, 0.2) is 18.2 Å². The molecule has 1 aromatic rings. The van der Waals surface area contributed by atoms with Crippen LogP contribution in [0.3, 0.4) is 0 Å². The normalized spacial score (nSPS) is 20.6. The maximum atomic E-state index is 6.20. The zero-order chi connectivity index (χ0) is 14.4. The van der Waals surface area contributed by atoms with Gasteiger partial charge in [-0.3, -0.25) is 0 Å². The predicted molar refractivity (Wildman–Crippen MR) is 82.6 cm³/mol. The highest BCUT2D eigenvalue weighted by atomic mass is 35.5. The summed E-state index contributed by atoms with van der Waals surface area (Å²) in [5.41, 5.74) is 1.20. The molecule has 0 amide bonds. The molecule has 0 saturated carbocycles. The second-order valence-electron chi connectivity index (χ2n) is 5.30. The first-order valence-electron chi connectivity index (χ1n) is 7.37. The Morgan fingerprint density at radius 3 is 2.90 bits per heavy atom. The summed E-state index contributed by atoms with van der Waals surface area (Å²) in [5.74, 6) is 0.723. The minimum atomic E-state index is 0.309. The number of methoxy groups -OCH3 is 1. The summed E-state index contributed by atoms with van der Waals surface area (Å²) in [6.45, 7) is 0.920. The molecule has 1 aliphatic heterocycles. The van der Waals surface area contributed by atoms with E-state index >= 15 is 0 Å². The molecule has 1 fully saturated rings. The summed E-state index contributed by atoms with van der Waals surface area (Å²) in [5, 5.41) is 4.03. The summed E-state index contributed by atoms with van der Waals surface area (Å²) in [6.07, 6.45) is 6.27. The number of nitrogens with one attached hydrogen (secondary N) is 1. The molecule has 20 heavy (non-hydrogen) atoms. The Balaban J connectivity index is 1.94. The van der Waals surface area contributed by atoms with E-state index in [4.69, 9.17) is 21.1 Å². The first-order valence-corrected chi connectivity index (χ1v) is 7.74. The van der Waals surface area contributed by atoms with Gasteiger partial charge in [0.1, 0.15) is 5.75 Å². The minimum absolute atomic E-state index is 0.309. The van der Waals surface area contributed by atoms with Crippen molar-refractivity contribution in [2.75, 3.05) is 20.8 Å². The van der Waals surface area contributed by atoms with Gasteiger partial charge in [0.05, 0.1) is 18.2 Å². The van der Waals surface area contributed by atoms with Crippen LogP contribution in [0.2, 0.25) is 5.02 Å². The number of hydrogen-bond acceptors (Lipinski definition) is 3. The van der Waals surface area contributed by atoms with Crippen molar-refractivity contribution in [1.82, 2.24) is 5.32 Å². The van der Waals surface area contributed by atoms with Gasteiger partial charge in [-0.05, 0) is 56.8 Å². The van der Waals surface area contributed by atoms with Crippen molar-refractivity contribution in [2.45, 2.75) is 44.2 Å². The summed E-state index contributed by atoms with van der Waals surface area (Å²) in [7, 11) is 3.63. The number of halogens is 1. The van der Waals surface area contributed by atoms with E-state index in [9.17, 15) is 0 Å². The maximum Gasteiger partial charge on any atom is 0.137 e. The topological polar surface area (TPSA) is 30.5 Å². The van der Waals surface area contributed by atoms with E-state index in [1.165, 1.54) is 24.8 Å². The molecule has 2 unspecified atom stereocenters. The molecule has 0 radical (unpaired) electrons. The molecule has 112 valence electrons. The minimum Gasteiger partial charge on any atom is -0.495 e. The Labute approximate surface area is 126 Å². The monoisotopic (exact) mass is 297 g/mol. The lowest BCUT2D eigenvalue weighted by atomic mass is 9.97. The Morgan fingerprint density at radius 2 is 2.30 bits per heavy atom. The average molecular weight is 298 g/mol. The quantitative estimate of drug-likeness (QED) is 0.862. The van der Waals surface area contributed by atoms with Crippen molar-refractivity contribution < 1.29 is 9.47 Å². The van der Waals surface area contributed by atoms with Crippen molar-refractivity contribution in [3.05, 3.63) is 28.8 Å². The number of rotatable bonds is 6. The average Bonchev–Trinajstić information content (AvgIpc) is 2.49. The second-order valence-corrected chi connectivity index (χ2v) is 5.71. The number of ether oxygens (including phenoxy) is 2. The van der Waals surface area contributed by atoms with Gasteiger partial charge in [0, 0.05) is 12.6 Å². The lowest BCUT2D eigenvalue weighted by Gasteiger charge is -2.25. The highest BCUT2D eigenvalue weighted by Crippen LogP contribution is 2.30. The lowest BCUT2D eigenvalue weighted by molar-refractivity contribution is 0.00866. The van der Waals surface area contributed by atoms with Gasteiger partial charge in [0.2, 0.25) is 0 Å². The van der Waals surface area contributed by atoms with Crippen LogP contribution in [-0.2, 0) is 4.74 Å².